The van der Waals surface area contributed by atoms with Gasteiger partial charge in [0, 0.05) is 32.2 Å². The van der Waals surface area contributed by atoms with Gasteiger partial charge in [0.2, 0.25) is 5.88 Å². The van der Waals surface area contributed by atoms with Crippen LogP contribution in [0.1, 0.15) is 32.8 Å². The van der Waals surface area contributed by atoms with Gasteiger partial charge in [0.1, 0.15) is 6.10 Å². The standard InChI is InChI=1S/C16H19N3O4/c1-11(20)23-16(2,3)15(21)19-7-5-13(10-19)22-14-8-12(9-17)4-6-18-14/h4,6,8,13H,5,7,10H2,1-3H3. The van der Waals surface area contributed by atoms with E-state index in [1.54, 1.807) is 30.9 Å². The second-order valence-corrected chi connectivity index (χ2v) is 5.88. The van der Waals surface area contributed by atoms with Crippen molar-refractivity contribution in [2.75, 3.05) is 13.1 Å². The molecule has 1 fully saturated rings. The molecule has 0 saturated carbocycles. The van der Waals surface area contributed by atoms with Gasteiger partial charge >= 0.3 is 5.97 Å². The lowest BCUT2D eigenvalue weighted by molar-refractivity contribution is -0.168. The number of nitriles is 1. The molecule has 0 aromatic carbocycles. The van der Waals surface area contributed by atoms with Crippen LogP contribution in [0.2, 0.25) is 0 Å². The zero-order valence-electron chi connectivity index (χ0n) is 13.4. The molecule has 1 unspecified atom stereocenters. The van der Waals surface area contributed by atoms with E-state index in [9.17, 15) is 9.59 Å². The SMILES string of the molecule is CC(=O)OC(C)(C)C(=O)N1CCC(Oc2cc(C#N)ccn2)C1. The molecule has 7 nitrogen and oxygen atoms in total. The van der Waals surface area contributed by atoms with Gasteiger partial charge in [-0.2, -0.15) is 5.26 Å². The van der Waals surface area contributed by atoms with Crippen molar-refractivity contribution in [2.24, 2.45) is 0 Å². The average Bonchev–Trinajstić information content (AvgIpc) is 2.93. The Kier molecular flexibility index (Phi) is 4.84. The molecule has 0 radical (unpaired) electrons. The van der Waals surface area contributed by atoms with Gasteiger partial charge in [-0.15, -0.1) is 0 Å². The fraction of sp³-hybridized carbons (Fsp3) is 0.500. The van der Waals surface area contributed by atoms with Gasteiger partial charge in [0.25, 0.3) is 5.91 Å². The third kappa shape index (κ3) is 4.19. The highest BCUT2D eigenvalue weighted by molar-refractivity contribution is 5.87. The van der Waals surface area contributed by atoms with E-state index in [4.69, 9.17) is 14.7 Å². The van der Waals surface area contributed by atoms with Crippen molar-refractivity contribution < 1.29 is 19.1 Å². The van der Waals surface area contributed by atoms with Crippen LogP contribution in [-0.4, -0.2) is 46.6 Å². The summed E-state index contributed by atoms with van der Waals surface area (Å²) in [7, 11) is 0. The first-order valence-corrected chi connectivity index (χ1v) is 7.33. The number of carbonyl (C=O) groups is 2. The van der Waals surface area contributed by atoms with Gasteiger partial charge in [-0.25, -0.2) is 4.98 Å². The van der Waals surface area contributed by atoms with E-state index in [2.05, 4.69) is 4.98 Å². The molecule has 1 amide bonds. The van der Waals surface area contributed by atoms with Crippen LogP contribution < -0.4 is 4.74 Å². The highest BCUT2D eigenvalue weighted by atomic mass is 16.6. The Hall–Kier alpha value is -2.62. The predicted octanol–water partition coefficient (Wildman–Crippen LogP) is 1.27. The Bertz CT molecular complexity index is 651. The van der Waals surface area contributed by atoms with Gasteiger partial charge < -0.3 is 14.4 Å². The van der Waals surface area contributed by atoms with Crippen LogP contribution in [-0.2, 0) is 14.3 Å². The molecule has 1 aliphatic heterocycles. The molecule has 1 aromatic rings. The average molecular weight is 317 g/mol. The normalized spacial score (nSPS) is 17.5. The number of amides is 1. The number of rotatable bonds is 4. The molecule has 0 N–H and O–H groups in total. The second-order valence-electron chi connectivity index (χ2n) is 5.88. The van der Waals surface area contributed by atoms with Gasteiger partial charge in [-0.1, -0.05) is 0 Å². The highest BCUT2D eigenvalue weighted by Gasteiger charge is 2.38. The molecule has 1 saturated heterocycles. The van der Waals surface area contributed by atoms with Crippen LogP contribution in [0.5, 0.6) is 5.88 Å². The summed E-state index contributed by atoms with van der Waals surface area (Å²) < 4.78 is 10.8. The molecular weight excluding hydrogens is 298 g/mol. The second kappa shape index (κ2) is 6.65. The Labute approximate surface area is 134 Å². The van der Waals surface area contributed by atoms with Crippen LogP contribution in [0.15, 0.2) is 18.3 Å². The van der Waals surface area contributed by atoms with Gasteiger partial charge in [0.05, 0.1) is 18.2 Å². The minimum absolute atomic E-state index is 0.200. The molecule has 0 spiro atoms. The summed E-state index contributed by atoms with van der Waals surface area (Å²) in [6, 6.07) is 5.18. The van der Waals surface area contributed by atoms with E-state index < -0.39 is 11.6 Å². The Balaban J connectivity index is 1.97. The van der Waals surface area contributed by atoms with E-state index in [1.165, 1.54) is 13.1 Å². The van der Waals surface area contributed by atoms with Crippen LogP contribution >= 0.6 is 0 Å². The fourth-order valence-corrected chi connectivity index (χ4v) is 2.51. The summed E-state index contributed by atoms with van der Waals surface area (Å²) >= 11 is 0. The number of pyridine rings is 1. The lowest BCUT2D eigenvalue weighted by Crippen LogP contribution is -2.47. The third-order valence-electron chi connectivity index (χ3n) is 3.50. The van der Waals surface area contributed by atoms with Crippen LogP contribution in [0.4, 0.5) is 0 Å². The zero-order valence-corrected chi connectivity index (χ0v) is 13.4. The molecule has 2 rings (SSSR count). The summed E-state index contributed by atoms with van der Waals surface area (Å²) in [6.45, 7) is 5.33. The van der Waals surface area contributed by atoms with Gasteiger partial charge in [-0.05, 0) is 19.9 Å². The van der Waals surface area contributed by atoms with Crippen LogP contribution in [0, 0.1) is 11.3 Å². The van der Waals surface area contributed by atoms with Gasteiger partial charge in [0.15, 0.2) is 5.60 Å². The van der Waals surface area contributed by atoms with E-state index in [1.807, 2.05) is 6.07 Å². The summed E-state index contributed by atoms with van der Waals surface area (Å²) in [5.41, 5.74) is -0.725. The lowest BCUT2D eigenvalue weighted by Gasteiger charge is -2.28. The largest absolute Gasteiger partial charge is 0.472 e. The number of aromatic nitrogens is 1. The maximum atomic E-state index is 12.4. The monoisotopic (exact) mass is 317 g/mol. The summed E-state index contributed by atoms with van der Waals surface area (Å²) in [6.07, 6.45) is 1.96. The molecule has 0 aliphatic carbocycles. The molecule has 1 aliphatic rings. The minimum Gasteiger partial charge on any atom is -0.472 e. The van der Waals surface area contributed by atoms with Crippen molar-refractivity contribution in [3.8, 4) is 11.9 Å². The van der Waals surface area contributed by atoms with Crippen molar-refractivity contribution in [3.63, 3.8) is 0 Å². The molecule has 7 heteroatoms. The smallest absolute Gasteiger partial charge is 0.303 e. The van der Waals surface area contributed by atoms with Gasteiger partial charge in [-0.3, -0.25) is 9.59 Å². The number of carbonyl (C=O) groups excluding carboxylic acids is 2. The number of hydrogen-bond acceptors (Lipinski definition) is 6. The maximum Gasteiger partial charge on any atom is 0.303 e. The van der Waals surface area contributed by atoms with Crippen molar-refractivity contribution in [3.05, 3.63) is 23.9 Å². The summed E-state index contributed by atoms with van der Waals surface area (Å²) in [5, 5.41) is 8.87. The first kappa shape index (κ1) is 16.7. The van der Waals surface area contributed by atoms with E-state index in [-0.39, 0.29) is 12.0 Å². The lowest BCUT2D eigenvalue weighted by atomic mass is 10.1. The number of nitrogens with zero attached hydrogens (tertiary/aromatic N) is 3. The predicted molar refractivity (Wildman–Crippen MR) is 80.4 cm³/mol. The minimum atomic E-state index is -1.19. The Morgan fingerprint density at radius 1 is 1.48 bits per heavy atom. The fourth-order valence-electron chi connectivity index (χ4n) is 2.51. The summed E-state index contributed by atoms with van der Waals surface area (Å²) in [5.74, 6) is -0.381. The quantitative estimate of drug-likeness (QED) is 0.777. The third-order valence-corrected chi connectivity index (χ3v) is 3.50. The molecule has 122 valence electrons. The van der Waals surface area contributed by atoms with Crippen molar-refractivity contribution >= 4 is 11.9 Å². The van der Waals surface area contributed by atoms with Crippen LogP contribution in [0.25, 0.3) is 0 Å². The van der Waals surface area contributed by atoms with Crippen molar-refractivity contribution in [1.82, 2.24) is 9.88 Å². The number of hydrogen-bond donors (Lipinski definition) is 0. The zero-order chi connectivity index (χ0) is 17.0. The molecule has 2 heterocycles. The topological polar surface area (TPSA) is 92.5 Å². The molecule has 23 heavy (non-hydrogen) atoms. The Morgan fingerprint density at radius 3 is 2.87 bits per heavy atom. The Morgan fingerprint density at radius 2 is 2.22 bits per heavy atom. The first-order valence-electron chi connectivity index (χ1n) is 7.33. The number of esters is 1. The molecule has 1 atom stereocenters. The van der Waals surface area contributed by atoms with E-state index in [0.717, 1.165) is 0 Å². The summed E-state index contributed by atoms with van der Waals surface area (Å²) in [4.78, 5) is 29.2. The number of likely N-dealkylation sites (tertiary alicyclic amines) is 1. The van der Waals surface area contributed by atoms with Crippen molar-refractivity contribution in [2.45, 2.75) is 38.9 Å². The molecule has 0 bridgehead atoms. The van der Waals surface area contributed by atoms with E-state index >= 15 is 0 Å². The number of ether oxygens (including phenoxy) is 2. The van der Waals surface area contributed by atoms with Crippen LogP contribution in [0.3, 0.4) is 0 Å². The maximum absolute atomic E-state index is 12.4. The first-order chi connectivity index (χ1) is 10.8. The molecule has 1 aromatic heterocycles. The van der Waals surface area contributed by atoms with Crippen molar-refractivity contribution in [1.29, 1.82) is 5.26 Å². The highest BCUT2D eigenvalue weighted by Crippen LogP contribution is 2.21. The molecular formula is C16H19N3O4. The van der Waals surface area contributed by atoms with E-state index in [0.29, 0.717) is 31.0 Å².